The number of rotatable bonds is 3. The van der Waals surface area contributed by atoms with Crippen molar-refractivity contribution in [2.24, 2.45) is 7.05 Å². The van der Waals surface area contributed by atoms with Crippen molar-refractivity contribution in [2.75, 3.05) is 18.0 Å². The third-order valence-electron chi connectivity index (χ3n) is 4.06. The number of hydrogen-bond donors (Lipinski definition) is 1. The maximum absolute atomic E-state index is 12.4. The van der Waals surface area contributed by atoms with Crippen LogP contribution in [0.1, 0.15) is 34.7 Å². The molecule has 122 valence electrons. The first-order valence-electron chi connectivity index (χ1n) is 7.88. The number of piperidine rings is 1. The molecule has 0 aromatic carbocycles. The summed E-state index contributed by atoms with van der Waals surface area (Å²) in [4.78, 5) is 23.3. The third kappa shape index (κ3) is 3.49. The van der Waals surface area contributed by atoms with Crippen molar-refractivity contribution in [2.45, 2.75) is 32.7 Å². The summed E-state index contributed by atoms with van der Waals surface area (Å²) in [6.45, 7) is 5.51. The lowest BCUT2D eigenvalue weighted by Gasteiger charge is -2.33. The van der Waals surface area contributed by atoms with Crippen LogP contribution in [0.25, 0.3) is 0 Å². The zero-order valence-electron chi connectivity index (χ0n) is 13.8. The van der Waals surface area contributed by atoms with Gasteiger partial charge in [0.25, 0.3) is 5.91 Å². The van der Waals surface area contributed by atoms with Gasteiger partial charge in [0, 0.05) is 32.4 Å². The molecule has 0 saturated carbocycles. The summed E-state index contributed by atoms with van der Waals surface area (Å²) in [5.74, 6) is 0.801. The van der Waals surface area contributed by atoms with E-state index in [0.29, 0.717) is 5.69 Å². The van der Waals surface area contributed by atoms with Crippen molar-refractivity contribution in [3.63, 3.8) is 0 Å². The van der Waals surface area contributed by atoms with Crippen molar-refractivity contribution in [1.82, 2.24) is 25.1 Å². The highest BCUT2D eigenvalue weighted by atomic mass is 16.2. The molecule has 1 amide bonds. The molecular formula is C16H22N6O. The maximum atomic E-state index is 12.4. The van der Waals surface area contributed by atoms with E-state index < -0.39 is 0 Å². The number of amides is 1. The van der Waals surface area contributed by atoms with Gasteiger partial charge in [-0.25, -0.2) is 4.98 Å². The molecule has 0 spiro atoms. The number of carbonyl (C=O) groups is 1. The molecule has 1 aliphatic heterocycles. The Kier molecular flexibility index (Phi) is 4.27. The summed E-state index contributed by atoms with van der Waals surface area (Å²) < 4.78 is 1.62. The largest absolute Gasteiger partial charge is 0.353 e. The Morgan fingerprint density at radius 1 is 1.30 bits per heavy atom. The van der Waals surface area contributed by atoms with Crippen molar-refractivity contribution < 1.29 is 4.79 Å². The van der Waals surface area contributed by atoms with Crippen LogP contribution < -0.4 is 10.2 Å². The lowest BCUT2D eigenvalue weighted by atomic mass is 10.1. The fourth-order valence-electron chi connectivity index (χ4n) is 2.99. The van der Waals surface area contributed by atoms with E-state index in [0.717, 1.165) is 43.1 Å². The van der Waals surface area contributed by atoms with Gasteiger partial charge in [0.1, 0.15) is 11.5 Å². The van der Waals surface area contributed by atoms with E-state index >= 15 is 0 Å². The quantitative estimate of drug-likeness (QED) is 0.922. The minimum absolute atomic E-state index is 0.0738. The molecule has 0 radical (unpaired) electrons. The van der Waals surface area contributed by atoms with Crippen LogP contribution >= 0.6 is 0 Å². The van der Waals surface area contributed by atoms with Gasteiger partial charge in [-0.1, -0.05) is 0 Å². The van der Waals surface area contributed by atoms with Crippen LogP contribution in [0.5, 0.6) is 0 Å². The summed E-state index contributed by atoms with van der Waals surface area (Å²) in [6.07, 6.45) is 5.52. The molecule has 7 nitrogen and oxygen atoms in total. The van der Waals surface area contributed by atoms with Crippen molar-refractivity contribution in [3.05, 3.63) is 35.5 Å². The standard InChI is InChI=1S/C16H22N6O/c1-11-7-14(21(3)20-11)16(23)19-13-5-4-6-22(10-13)15-9-17-8-12(2)18-15/h7-9,13H,4-6,10H2,1-3H3,(H,19,23). The second-order valence-corrected chi connectivity index (χ2v) is 6.07. The number of aryl methyl sites for hydroxylation is 3. The average molecular weight is 314 g/mol. The van der Waals surface area contributed by atoms with Crippen LogP contribution in [-0.4, -0.2) is 44.8 Å². The van der Waals surface area contributed by atoms with Gasteiger partial charge < -0.3 is 10.2 Å². The van der Waals surface area contributed by atoms with Gasteiger partial charge >= 0.3 is 0 Å². The van der Waals surface area contributed by atoms with Crippen LogP contribution in [0.15, 0.2) is 18.5 Å². The van der Waals surface area contributed by atoms with Gasteiger partial charge in [-0.15, -0.1) is 0 Å². The molecular weight excluding hydrogens is 292 g/mol. The van der Waals surface area contributed by atoms with Gasteiger partial charge in [0.15, 0.2) is 0 Å². The maximum Gasteiger partial charge on any atom is 0.269 e. The number of aromatic nitrogens is 4. The van der Waals surface area contributed by atoms with Gasteiger partial charge in [0.2, 0.25) is 0 Å². The predicted molar refractivity (Wildman–Crippen MR) is 87.4 cm³/mol. The van der Waals surface area contributed by atoms with Crippen molar-refractivity contribution >= 4 is 11.7 Å². The summed E-state index contributed by atoms with van der Waals surface area (Å²) in [6, 6.07) is 1.91. The number of hydrogen-bond acceptors (Lipinski definition) is 5. The Morgan fingerprint density at radius 2 is 2.13 bits per heavy atom. The Morgan fingerprint density at radius 3 is 2.83 bits per heavy atom. The molecule has 0 bridgehead atoms. The van der Waals surface area contributed by atoms with E-state index in [-0.39, 0.29) is 11.9 Å². The van der Waals surface area contributed by atoms with Gasteiger partial charge in [-0.2, -0.15) is 5.10 Å². The number of nitrogens with zero attached hydrogens (tertiary/aromatic N) is 5. The molecule has 1 unspecified atom stereocenters. The second-order valence-electron chi connectivity index (χ2n) is 6.07. The highest BCUT2D eigenvalue weighted by molar-refractivity contribution is 5.92. The van der Waals surface area contributed by atoms with Crippen LogP contribution in [0.3, 0.4) is 0 Å². The van der Waals surface area contributed by atoms with Crippen LogP contribution in [0.4, 0.5) is 5.82 Å². The summed E-state index contributed by atoms with van der Waals surface area (Å²) in [7, 11) is 1.79. The SMILES string of the molecule is Cc1cncc(N2CCCC(NC(=O)c3cc(C)nn3C)C2)n1. The van der Waals surface area contributed by atoms with Gasteiger partial charge in [-0.3, -0.25) is 14.5 Å². The van der Waals surface area contributed by atoms with Crippen LogP contribution in [0.2, 0.25) is 0 Å². The molecule has 3 heterocycles. The summed E-state index contributed by atoms with van der Waals surface area (Å²) in [5.41, 5.74) is 2.34. The van der Waals surface area contributed by atoms with E-state index in [2.05, 4.69) is 25.3 Å². The number of nitrogens with one attached hydrogen (secondary N) is 1. The first-order valence-corrected chi connectivity index (χ1v) is 7.88. The average Bonchev–Trinajstić information content (AvgIpc) is 2.86. The third-order valence-corrected chi connectivity index (χ3v) is 4.06. The molecule has 3 rings (SSSR count). The lowest BCUT2D eigenvalue weighted by molar-refractivity contribution is 0.0923. The summed E-state index contributed by atoms with van der Waals surface area (Å²) in [5, 5.41) is 7.34. The molecule has 1 fully saturated rings. The number of carbonyl (C=O) groups excluding carboxylic acids is 1. The Labute approximate surface area is 135 Å². The Hall–Kier alpha value is -2.44. The van der Waals surface area contributed by atoms with Crippen molar-refractivity contribution in [1.29, 1.82) is 0 Å². The zero-order valence-corrected chi connectivity index (χ0v) is 13.8. The molecule has 1 atom stereocenters. The minimum Gasteiger partial charge on any atom is -0.353 e. The predicted octanol–water partition coefficient (Wildman–Crippen LogP) is 1.23. The molecule has 1 N–H and O–H groups in total. The molecule has 0 aliphatic carbocycles. The number of anilines is 1. The first kappa shape index (κ1) is 15.5. The molecule has 2 aromatic heterocycles. The van der Waals surface area contributed by atoms with Crippen molar-refractivity contribution in [3.8, 4) is 0 Å². The lowest BCUT2D eigenvalue weighted by Crippen LogP contribution is -2.48. The van der Waals surface area contributed by atoms with E-state index in [1.807, 2.05) is 19.9 Å². The van der Waals surface area contributed by atoms with E-state index in [1.54, 1.807) is 24.1 Å². The van der Waals surface area contributed by atoms with Gasteiger partial charge in [0.05, 0.1) is 17.6 Å². The molecule has 1 aliphatic rings. The zero-order chi connectivity index (χ0) is 16.4. The van der Waals surface area contributed by atoms with Crippen LogP contribution in [0, 0.1) is 13.8 Å². The molecule has 2 aromatic rings. The van der Waals surface area contributed by atoms with E-state index in [9.17, 15) is 4.79 Å². The normalized spacial score (nSPS) is 18.0. The first-order chi connectivity index (χ1) is 11.0. The Bertz CT molecular complexity index is 710. The fraction of sp³-hybridized carbons (Fsp3) is 0.500. The molecule has 1 saturated heterocycles. The molecule has 23 heavy (non-hydrogen) atoms. The fourth-order valence-corrected chi connectivity index (χ4v) is 2.99. The monoisotopic (exact) mass is 314 g/mol. The molecule has 7 heteroatoms. The van der Waals surface area contributed by atoms with E-state index in [1.165, 1.54) is 0 Å². The second kappa shape index (κ2) is 6.36. The smallest absolute Gasteiger partial charge is 0.269 e. The minimum atomic E-state index is -0.0738. The van der Waals surface area contributed by atoms with Crippen LogP contribution in [-0.2, 0) is 7.05 Å². The summed E-state index contributed by atoms with van der Waals surface area (Å²) >= 11 is 0. The highest BCUT2D eigenvalue weighted by Gasteiger charge is 2.24. The van der Waals surface area contributed by atoms with Gasteiger partial charge in [-0.05, 0) is 32.8 Å². The highest BCUT2D eigenvalue weighted by Crippen LogP contribution is 2.17. The van der Waals surface area contributed by atoms with E-state index in [4.69, 9.17) is 0 Å². The topological polar surface area (TPSA) is 75.9 Å². The Balaban J connectivity index is 1.67.